The molecule has 5 nitrogen and oxygen atoms in total. The summed E-state index contributed by atoms with van der Waals surface area (Å²) < 4.78 is 1.99. The van der Waals surface area contributed by atoms with Crippen molar-refractivity contribution in [2.75, 3.05) is 55.5 Å². The highest BCUT2D eigenvalue weighted by atomic mass is 32.2. The van der Waals surface area contributed by atoms with Crippen molar-refractivity contribution in [1.29, 1.82) is 0 Å². The van der Waals surface area contributed by atoms with Crippen LogP contribution in [0.4, 0.5) is 11.4 Å². The number of benzene rings is 1. The van der Waals surface area contributed by atoms with E-state index in [9.17, 15) is 4.79 Å². The highest BCUT2D eigenvalue weighted by Crippen LogP contribution is 2.22. The van der Waals surface area contributed by atoms with Crippen molar-refractivity contribution in [3.8, 4) is 0 Å². The van der Waals surface area contributed by atoms with Crippen molar-refractivity contribution in [2.24, 2.45) is 0 Å². The molecule has 1 fully saturated rings. The summed E-state index contributed by atoms with van der Waals surface area (Å²) in [5.41, 5.74) is 2.08. The van der Waals surface area contributed by atoms with Crippen LogP contribution in [0.5, 0.6) is 0 Å². The van der Waals surface area contributed by atoms with Crippen molar-refractivity contribution in [1.82, 2.24) is 9.47 Å². The molecule has 0 unspecified atom stereocenters. The number of nitrogens with one attached hydrogen (secondary N) is 1. The predicted octanol–water partition coefficient (Wildman–Crippen LogP) is 3.17. The molecule has 2 heterocycles. The largest absolute Gasteiger partial charge is 0.369 e. The Morgan fingerprint density at radius 3 is 2.38 bits per heavy atom. The van der Waals surface area contributed by atoms with Crippen LogP contribution in [-0.2, 0) is 4.79 Å². The number of hydrogen-bond acceptors (Lipinski definition) is 4. The maximum atomic E-state index is 12.8. The molecule has 1 N–H and O–H groups in total. The molecular formula is C20H28N4OS. The zero-order valence-corrected chi connectivity index (χ0v) is 16.4. The van der Waals surface area contributed by atoms with Crippen LogP contribution >= 0.6 is 11.8 Å². The first kappa shape index (κ1) is 18.9. The van der Waals surface area contributed by atoms with E-state index in [-0.39, 0.29) is 11.9 Å². The molecule has 0 bridgehead atoms. The molecule has 0 radical (unpaired) electrons. The average Bonchev–Trinajstić information content (AvgIpc) is 3.18. The SMILES string of the molecule is CSCC[C@@H](C(=O)Nc1ccc(N2CCN(C)CC2)cc1)n1cccc1. The van der Waals surface area contributed by atoms with Gasteiger partial charge in [-0.3, -0.25) is 4.79 Å². The molecule has 0 saturated carbocycles. The highest BCUT2D eigenvalue weighted by Gasteiger charge is 2.19. The molecule has 1 saturated heterocycles. The standard InChI is InChI=1S/C20H28N4OS/c1-22-12-14-23(15-13-22)18-7-5-17(6-8-18)21-20(25)19(9-16-26-2)24-10-3-4-11-24/h3-8,10-11,19H,9,12-16H2,1-2H3,(H,21,25)/t19-/m0/s1. The molecule has 140 valence electrons. The molecule has 6 heteroatoms. The van der Waals surface area contributed by atoms with E-state index in [1.165, 1.54) is 5.69 Å². The number of nitrogens with zero attached hydrogens (tertiary/aromatic N) is 3. The third-order valence-electron chi connectivity index (χ3n) is 4.89. The van der Waals surface area contributed by atoms with Crippen LogP contribution in [0, 0.1) is 0 Å². The summed E-state index contributed by atoms with van der Waals surface area (Å²) in [4.78, 5) is 17.5. The van der Waals surface area contributed by atoms with Crippen molar-refractivity contribution in [3.63, 3.8) is 0 Å². The number of rotatable bonds is 7. The predicted molar refractivity (Wildman–Crippen MR) is 111 cm³/mol. The fraction of sp³-hybridized carbons (Fsp3) is 0.450. The van der Waals surface area contributed by atoms with Gasteiger partial charge in [0, 0.05) is 49.9 Å². The molecule has 2 aromatic rings. The number of thioether (sulfide) groups is 1. The van der Waals surface area contributed by atoms with E-state index in [2.05, 4.69) is 40.6 Å². The summed E-state index contributed by atoms with van der Waals surface area (Å²) in [7, 11) is 2.16. The van der Waals surface area contributed by atoms with Gasteiger partial charge >= 0.3 is 0 Å². The molecule has 1 aromatic heterocycles. The van der Waals surface area contributed by atoms with Gasteiger partial charge in [-0.05, 0) is 61.9 Å². The molecule has 3 rings (SSSR count). The van der Waals surface area contributed by atoms with E-state index in [0.717, 1.165) is 44.0 Å². The third kappa shape index (κ3) is 4.83. The molecule has 1 aliphatic heterocycles. The molecule has 26 heavy (non-hydrogen) atoms. The van der Waals surface area contributed by atoms with Gasteiger partial charge in [-0.25, -0.2) is 0 Å². The fourth-order valence-corrected chi connectivity index (χ4v) is 3.71. The van der Waals surface area contributed by atoms with Crippen LogP contribution in [0.25, 0.3) is 0 Å². The van der Waals surface area contributed by atoms with E-state index in [0.29, 0.717) is 0 Å². The summed E-state index contributed by atoms with van der Waals surface area (Å²) >= 11 is 1.77. The Bertz CT molecular complexity index is 678. The van der Waals surface area contributed by atoms with E-state index < -0.39 is 0 Å². The van der Waals surface area contributed by atoms with Gasteiger partial charge in [-0.15, -0.1) is 0 Å². The summed E-state index contributed by atoms with van der Waals surface area (Å²) in [6.07, 6.45) is 6.81. The minimum absolute atomic E-state index is 0.0441. The summed E-state index contributed by atoms with van der Waals surface area (Å²) in [5.74, 6) is 1.00. The average molecular weight is 373 g/mol. The number of anilines is 2. The first-order chi connectivity index (χ1) is 12.7. The maximum absolute atomic E-state index is 12.8. The second-order valence-corrected chi connectivity index (χ2v) is 7.74. The Kier molecular flexibility index (Phi) is 6.63. The van der Waals surface area contributed by atoms with Crippen molar-refractivity contribution < 1.29 is 4.79 Å². The van der Waals surface area contributed by atoms with E-state index in [4.69, 9.17) is 0 Å². The topological polar surface area (TPSA) is 40.5 Å². The molecule has 1 aromatic carbocycles. The lowest BCUT2D eigenvalue weighted by Crippen LogP contribution is -2.44. The van der Waals surface area contributed by atoms with Crippen molar-refractivity contribution >= 4 is 29.0 Å². The maximum Gasteiger partial charge on any atom is 0.247 e. The number of carbonyl (C=O) groups excluding carboxylic acids is 1. The van der Waals surface area contributed by atoms with Gasteiger partial charge in [0.2, 0.25) is 5.91 Å². The van der Waals surface area contributed by atoms with Crippen molar-refractivity contribution in [3.05, 3.63) is 48.8 Å². The summed E-state index contributed by atoms with van der Waals surface area (Å²) in [6.45, 7) is 4.28. The van der Waals surface area contributed by atoms with Gasteiger partial charge in [0.25, 0.3) is 0 Å². The zero-order valence-electron chi connectivity index (χ0n) is 15.6. The lowest BCUT2D eigenvalue weighted by Gasteiger charge is -2.34. The Labute approximate surface area is 160 Å². The summed E-state index contributed by atoms with van der Waals surface area (Å²) in [5, 5.41) is 3.08. The zero-order chi connectivity index (χ0) is 18.4. The third-order valence-corrected chi connectivity index (χ3v) is 5.53. The molecule has 1 amide bonds. The number of likely N-dealkylation sites (N-methyl/N-ethyl adjacent to an activating group) is 1. The summed E-state index contributed by atoms with van der Waals surface area (Å²) in [6, 6.07) is 12.0. The van der Waals surface area contributed by atoms with Gasteiger partial charge in [0.15, 0.2) is 0 Å². The second kappa shape index (κ2) is 9.14. The van der Waals surface area contributed by atoms with E-state index >= 15 is 0 Å². The van der Waals surface area contributed by atoms with Crippen LogP contribution < -0.4 is 10.2 Å². The smallest absolute Gasteiger partial charge is 0.247 e. The Hall–Kier alpha value is -1.92. The van der Waals surface area contributed by atoms with Crippen LogP contribution in [0.15, 0.2) is 48.8 Å². The van der Waals surface area contributed by atoms with E-state index in [1.807, 2.05) is 41.2 Å². The molecule has 1 aliphatic rings. The monoisotopic (exact) mass is 372 g/mol. The minimum atomic E-state index is -0.172. The van der Waals surface area contributed by atoms with E-state index in [1.54, 1.807) is 11.8 Å². The number of piperazine rings is 1. The second-order valence-electron chi connectivity index (χ2n) is 6.75. The number of hydrogen-bond donors (Lipinski definition) is 1. The van der Waals surface area contributed by atoms with Crippen LogP contribution in [0.3, 0.4) is 0 Å². The Morgan fingerprint density at radius 2 is 1.77 bits per heavy atom. The van der Waals surface area contributed by atoms with Crippen LogP contribution in [0.1, 0.15) is 12.5 Å². The first-order valence-corrected chi connectivity index (χ1v) is 10.5. The Morgan fingerprint density at radius 1 is 1.12 bits per heavy atom. The lowest BCUT2D eigenvalue weighted by molar-refractivity contribution is -0.119. The van der Waals surface area contributed by atoms with Crippen LogP contribution in [-0.4, -0.2) is 60.6 Å². The molecule has 0 spiro atoms. The Balaban J connectivity index is 1.62. The molecular weight excluding hydrogens is 344 g/mol. The van der Waals surface area contributed by atoms with Gasteiger partial charge < -0.3 is 19.7 Å². The first-order valence-electron chi connectivity index (χ1n) is 9.13. The number of amides is 1. The van der Waals surface area contributed by atoms with Crippen molar-refractivity contribution in [2.45, 2.75) is 12.5 Å². The fourth-order valence-electron chi connectivity index (χ4n) is 3.25. The molecule has 0 aliphatic carbocycles. The number of aromatic nitrogens is 1. The lowest BCUT2D eigenvalue weighted by atomic mass is 10.2. The van der Waals surface area contributed by atoms with Gasteiger partial charge in [0.05, 0.1) is 0 Å². The number of carbonyl (C=O) groups is 1. The van der Waals surface area contributed by atoms with Gasteiger partial charge in [0.1, 0.15) is 6.04 Å². The normalized spacial score (nSPS) is 16.5. The van der Waals surface area contributed by atoms with Gasteiger partial charge in [-0.1, -0.05) is 0 Å². The van der Waals surface area contributed by atoms with Gasteiger partial charge in [-0.2, -0.15) is 11.8 Å². The molecule has 1 atom stereocenters. The highest BCUT2D eigenvalue weighted by molar-refractivity contribution is 7.98. The quantitative estimate of drug-likeness (QED) is 0.810. The minimum Gasteiger partial charge on any atom is -0.369 e. The van der Waals surface area contributed by atoms with Crippen LogP contribution in [0.2, 0.25) is 0 Å².